The lowest BCUT2D eigenvalue weighted by atomic mass is 9.46. The van der Waals surface area contributed by atoms with Gasteiger partial charge in [0.15, 0.2) is 43.5 Å². The smallest absolute Gasteiger partial charge is 0.187 e. The van der Waals surface area contributed by atoms with Crippen molar-refractivity contribution in [2.24, 2.45) is 46.3 Å². The van der Waals surface area contributed by atoms with Gasteiger partial charge in [-0.15, -0.1) is 0 Å². The van der Waals surface area contributed by atoms with Crippen LogP contribution in [0.1, 0.15) is 79.1 Å². The first-order valence-corrected chi connectivity index (χ1v) is 34.0. The van der Waals surface area contributed by atoms with Crippen LogP contribution in [0.5, 0.6) is 0 Å². The minimum Gasteiger partial charge on any atom is -0.394 e. The first-order valence-electron chi connectivity index (χ1n) is 34.0. The Bertz CT molecular complexity index is 2580. The number of aliphatic hydroxyl groups is 20. The van der Waals surface area contributed by atoms with Gasteiger partial charge in [-0.3, -0.25) is 0 Å². The highest BCUT2D eigenvalue weighted by Crippen LogP contribution is 2.70. The van der Waals surface area contributed by atoms with Gasteiger partial charge in [-0.25, -0.2) is 0 Å². The molecule has 0 radical (unpaired) electrons. The zero-order valence-corrected chi connectivity index (χ0v) is 54.8. The summed E-state index contributed by atoms with van der Waals surface area (Å²) in [6.45, 7) is 3.87. The van der Waals surface area contributed by atoms with E-state index in [0.717, 1.165) is 31.3 Å². The van der Waals surface area contributed by atoms with E-state index in [1.807, 2.05) is 6.92 Å². The molecule has 41 unspecified atom stereocenters. The number of aliphatic hydroxyl groups excluding tert-OH is 20. The Morgan fingerprint density at radius 2 is 1.04 bits per heavy atom. The number of ether oxygens (including phenoxy) is 14. The first-order chi connectivity index (χ1) is 46.0. The number of hydrogen-bond acceptors (Lipinski definition) is 34. The fourth-order valence-electron chi connectivity index (χ4n) is 18.1. The molecule has 0 aromatic heterocycles. The second-order valence-electron chi connectivity index (χ2n) is 29.3. The maximum Gasteiger partial charge on any atom is 0.187 e. The summed E-state index contributed by atoms with van der Waals surface area (Å²) in [6.07, 6.45) is -47.7. The highest BCUT2D eigenvalue weighted by molar-refractivity contribution is 5.28. The van der Waals surface area contributed by atoms with Crippen molar-refractivity contribution in [1.29, 1.82) is 0 Å². The average Bonchev–Trinajstić information content (AvgIpc) is 1.57. The van der Waals surface area contributed by atoms with Gasteiger partial charge in [-0.1, -0.05) is 39.3 Å². The molecule has 34 nitrogen and oxygen atoms in total. The van der Waals surface area contributed by atoms with Gasteiger partial charge in [0.05, 0.1) is 64.6 Å². The van der Waals surface area contributed by atoms with Crippen LogP contribution in [-0.2, 0) is 66.3 Å². The standard InChI is InChI=1S/C63H104O34/c1-22(20-85-55-47(80)43(76)39(72)32(15-64)88-55)8-11-63(84-5)23(2)37-31(97-63)13-27-25-7-6-24-12-30(28(69)14-62(24,4)26(25)9-10-61(27,37)3)87-57-49(82)45(78)51(36(19-68)92-57)93-60-54(53(42(75)35(18-67)91-60)95-56-46(79)38(71)29(70)21-86-56)96-59-50(83)52(41(74)34(17-66)90-59)94-58-48(81)44(77)40(73)33(16-65)89-58/h6,22-23,25-60,64-83H,7-21H2,1-5H3. The van der Waals surface area contributed by atoms with Crippen molar-refractivity contribution in [1.82, 2.24) is 0 Å². The molecule has 34 heteroatoms. The summed E-state index contributed by atoms with van der Waals surface area (Å²) in [6, 6.07) is 0. The van der Waals surface area contributed by atoms with Gasteiger partial charge < -0.3 is 168 Å². The molecule has 0 aromatic carbocycles. The van der Waals surface area contributed by atoms with E-state index in [-0.39, 0.29) is 66.5 Å². The molecule has 0 aromatic rings. The summed E-state index contributed by atoms with van der Waals surface area (Å²) in [7, 11) is 1.67. The van der Waals surface area contributed by atoms with Crippen LogP contribution in [0, 0.1) is 46.3 Å². The van der Waals surface area contributed by atoms with Crippen LogP contribution in [0.3, 0.4) is 0 Å². The van der Waals surface area contributed by atoms with Crippen molar-refractivity contribution in [2.75, 3.05) is 53.4 Å². The largest absolute Gasteiger partial charge is 0.394 e. The lowest BCUT2D eigenvalue weighted by Gasteiger charge is -2.59. The van der Waals surface area contributed by atoms with Crippen LogP contribution in [0.4, 0.5) is 0 Å². The van der Waals surface area contributed by atoms with Gasteiger partial charge in [0.2, 0.25) is 0 Å². The molecule has 7 aliphatic heterocycles. The average molecular weight is 1410 g/mol. The van der Waals surface area contributed by atoms with Gasteiger partial charge in [0.1, 0.15) is 140 Å². The SMILES string of the molecule is COC1(CCC(C)COC2OC(CO)C(O)C(O)C2O)OC2CC3C4CC=C5CC(OC6OC(CO)C(OC7OC(CO)C(O)C(OC8OCC(O)C(O)C8O)C7OC7OC(CO)C(O)C(OC8OC(CO)C(O)C(O)C8O)C7O)C(O)C6O)C(O)CC5(C)C4CCC3(C)C2C1C. The number of fused-ring (bicyclic) bond motifs is 7. The van der Waals surface area contributed by atoms with Crippen LogP contribution in [0.25, 0.3) is 0 Å². The predicted molar refractivity (Wildman–Crippen MR) is 317 cm³/mol. The molecule has 11 aliphatic rings. The number of hydrogen-bond donors (Lipinski definition) is 20. The van der Waals surface area contributed by atoms with Gasteiger partial charge >= 0.3 is 0 Å². The molecule has 11 rings (SSSR count). The Morgan fingerprint density at radius 1 is 0.526 bits per heavy atom. The summed E-state index contributed by atoms with van der Waals surface area (Å²) < 4.78 is 84.3. The van der Waals surface area contributed by atoms with E-state index in [4.69, 9.17) is 66.3 Å². The molecule has 7 saturated heterocycles. The third kappa shape index (κ3) is 14.2. The lowest BCUT2D eigenvalue weighted by Crippen LogP contribution is -2.69. The minimum absolute atomic E-state index is 0.0108. The van der Waals surface area contributed by atoms with Gasteiger partial charge in [0, 0.05) is 19.4 Å². The molecule has 4 aliphatic carbocycles. The van der Waals surface area contributed by atoms with E-state index in [1.165, 1.54) is 0 Å². The van der Waals surface area contributed by atoms with Crippen molar-refractivity contribution >= 4 is 0 Å². The molecule has 3 saturated carbocycles. The molecule has 20 N–H and O–H groups in total. The molecule has 97 heavy (non-hydrogen) atoms. The van der Waals surface area contributed by atoms with Crippen molar-refractivity contribution in [2.45, 2.75) is 281 Å². The van der Waals surface area contributed by atoms with Crippen LogP contribution >= 0.6 is 0 Å². The monoisotopic (exact) mass is 1400 g/mol. The van der Waals surface area contributed by atoms with Crippen LogP contribution in [0.2, 0.25) is 0 Å². The maximum atomic E-state index is 12.1. The summed E-state index contributed by atoms with van der Waals surface area (Å²) in [5.41, 5.74) is 0.482. The summed E-state index contributed by atoms with van der Waals surface area (Å²) in [5.74, 6) is -0.0359. The normalized spacial score (nSPS) is 54.3. The van der Waals surface area contributed by atoms with E-state index in [1.54, 1.807) is 7.11 Å². The molecular formula is C63H104O34. The second kappa shape index (κ2) is 30.8. The molecule has 41 atom stereocenters. The van der Waals surface area contributed by atoms with Gasteiger partial charge in [-0.2, -0.15) is 0 Å². The Labute approximate surface area is 559 Å². The zero-order valence-electron chi connectivity index (χ0n) is 54.8. The van der Waals surface area contributed by atoms with E-state index in [0.29, 0.717) is 12.8 Å². The van der Waals surface area contributed by atoms with Crippen molar-refractivity contribution in [3.63, 3.8) is 0 Å². The summed E-state index contributed by atoms with van der Waals surface area (Å²) >= 11 is 0. The number of rotatable bonds is 22. The van der Waals surface area contributed by atoms with Gasteiger partial charge in [0.25, 0.3) is 0 Å². The summed E-state index contributed by atoms with van der Waals surface area (Å²) in [4.78, 5) is 0. The zero-order chi connectivity index (χ0) is 70.2. The van der Waals surface area contributed by atoms with Crippen molar-refractivity contribution in [3.8, 4) is 0 Å². The molecule has 7 heterocycles. The Kier molecular flexibility index (Phi) is 24.3. The van der Waals surface area contributed by atoms with E-state index >= 15 is 0 Å². The molecule has 10 fully saturated rings. The minimum atomic E-state index is -2.23. The molecule has 0 bridgehead atoms. The third-order valence-electron chi connectivity index (χ3n) is 23.7. The maximum absolute atomic E-state index is 12.1. The lowest BCUT2D eigenvalue weighted by molar-refractivity contribution is -0.409. The molecule has 0 spiro atoms. The second-order valence-corrected chi connectivity index (χ2v) is 29.3. The quantitative estimate of drug-likeness (QED) is 0.0448. The highest BCUT2D eigenvalue weighted by Gasteiger charge is 2.69. The Morgan fingerprint density at radius 3 is 1.67 bits per heavy atom. The number of allylic oxidation sites excluding steroid dienone is 1. The van der Waals surface area contributed by atoms with Crippen molar-refractivity contribution < 1.29 is 168 Å². The highest BCUT2D eigenvalue weighted by atomic mass is 16.8. The van der Waals surface area contributed by atoms with Crippen LogP contribution in [0.15, 0.2) is 11.6 Å². The summed E-state index contributed by atoms with van der Waals surface area (Å²) in [5, 5.41) is 217. The third-order valence-corrected chi connectivity index (χ3v) is 23.7. The van der Waals surface area contributed by atoms with E-state index < -0.39 is 241 Å². The van der Waals surface area contributed by atoms with Crippen molar-refractivity contribution in [3.05, 3.63) is 11.6 Å². The van der Waals surface area contributed by atoms with Crippen LogP contribution in [-0.4, -0.2) is 358 Å². The van der Waals surface area contributed by atoms with E-state index in [2.05, 4.69) is 26.8 Å². The number of methoxy groups -OCH3 is 1. The predicted octanol–water partition coefficient (Wildman–Crippen LogP) is -8.12. The topological polar surface area (TPSA) is 534 Å². The first kappa shape index (κ1) is 76.5. The van der Waals surface area contributed by atoms with E-state index in [9.17, 15) is 102 Å². The molecule has 0 amide bonds. The molecule has 560 valence electrons. The van der Waals surface area contributed by atoms with Crippen LogP contribution < -0.4 is 0 Å². The fourth-order valence-corrected chi connectivity index (χ4v) is 18.1. The van der Waals surface area contributed by atoms with Gasteiger partial charge in [-0.05, 0) is 85.4 Å². The Hall–Kier alpha value is -1.62. The fraction of sp³-hybridized carbons (Fsp3) is 0.968. The Balaban J connectivity index is 0.758. The molecular weight excluding hydrogens is 1300 g/mol.